The predicted molar refractivity (Wildman–Crippen MR) is 75.1 cm³/mol. The van der Waals surface area contributed by atoms with Crippen LogP contribution in [0, 0.1) is 0 Å². The van der Waals surface area contributed by atoms with Crippen molar-refractivity contribution >= 4 is 0 Å². The quantitative estimate of drug-likeness (QED) is 0.864. The topological polar surface area (TPSA) is 38.5 Å². The fraction of sp³-hybridized carbons (Fsp3) is 0.600. The van der Waals surface area contributed by atoms with E-state index in [0.717, 1.165) is 44.6 Å². The second kappa shape index (κ2) is 6.21. The number of aryl methyl sites for hydroxylation is 1. The molecular weight excluding hydrogens is 224 g/mol. The van der Waals surface area contributed by atoms with Gasteiger partial charge in [0.2, 0.25) is 0 Å². The highest BCUT2D eigenvalue weighted by atomic mass is 16.5. The number of likely N-dealkylation sites (tertiary alicyclic amines) is 1. The van der Waals surface area contributed by atoms with E-state index in [-0.39, 0.29) is 0 Å². The summed E-state index contributed by atoms with van der Waals surface area (Å²) in [5, 5.41) is 0. The van der Waals surface area contributed by atoms with E-state index in [9.17, 15) is 0 Å². The van der Waals surface area contributed by atoms with E-state index >= 15 is 0 Å². The first kappa shape index (κ1) is 13.4. The van der Waals surface area contributed by atoms with Gasteiger partial charge in [-0.15, -0.1) is 0 Å². The van der Waals surface area contributed by atoms with Crippen LogP contribution in [0.4, 0.5) is 0 Å². The zero-order valence-corrected chi connectivity index (χ0v) is 11.5. The molecule has 1 aromatic carbocycles. The molecule has 0 bridgehead atoms. The maximum absolute atomic E-state index is 5.93. The summed E-state index contributed by atoms with van der Waals surface area (Å²) < 4.78 is 5.44. The minimum absolute atomic E-state index is 0.369. The molecule has 0 saturated carbocycles. The van der Waals surface area contributed by atoms with Crippen molar-refractivity contribution in [1.82, 2.24) is 4.90 Å². The van der Waals surface area contributed by atoms with Crippen LogP contribution in [0.1, 0.15) is 24.5 Å². The number of nitrogens with zero attached hydrogens (tertiary/aromatic N) is 1. The van der Waals surface area contributed by atoms with E-state index in [1.807, 2.05) is 0 Å². The number of hydrogen-bond acceptors (Lipinski definition) is 3. The SMILES string of the molecule is CCc1ccc(OC)c(CCN2CCC(N)C2)c1. The third-order valence-electron chi connectivity index (χ3n) is 3.76. The molecule has 1 atom stereocenters. The summed E-state index contributed by atoms with van der Waals surface area (Å²) in [6.45, 7) is 5.44. The fourth-order valence-corrected chi connectivity index (χ4v) is 2.59. The van der Waals surface area contributed by atoms with Crippen molar-refractivity contribution in [1.29, 1.82) is 0 Å². The third-order valence-corrected chi connectivity index (χ3v) is 3.76. The van der Waals surface area contributed by atoms with Crippen LogP contribution in [0.15, 0.2) is 18.2 Å². The number of nitrogens with two attached hydrogens (primary N) is 1. The van der Waals surface area contributed by atoms with Crippen LogP contribution in [0.3, 0.4) is 0 Å². The van der Waals surface area contributed by atoms with Gasteiger partial charge in [0.15, 0.2) is 0 Å². The first-order valence-corrected chi connectivity index (χ1v) is 6.86. The van der Waals surface area contributed by atoms with Gasteiger partial charge >= 0.3 is 0 Å². The zero-order chi connectivity index (χ0) is 13.0. The summed E-state index contributed by atoms with van der Waals surface area (Å²) in [4.78, 5) is 2.45. The van der Waals surface area contributed by atoms with Crippen LogP contribution in [-0.2, 0) is 12.8 Å². The molecule has 0 radical (unpaired) electrons. The van der Waals surface area contributed by atoms with Gasteiger partial charge < -0.3 is 15.4 Å². The fourth-order valence-electron chi connectivity index (χ4n) is 2.59. The molecule has 2 N–H and O–H groups in total. The summed E-state index contributed by atoms with van der Waals surface area (Å²) >= 11 is 0. The Morgan fingerprint density at radius 1 is 1.44 bits per heavy atom. The van der Waals surface area contributed by atoms with Crippen LogP contribution in [0.25, 0.3) is 0 Å². The number of benzene rings is 1. The van der Waals surface area contributed by atoms with E-state index in [1.54, 1.807) is 7.11 Å². The van der Waals surface area contributed by atoms with Crippen molar-refractivity contribution in [2.24, 2.45) is 5.73 Å². The molecule has 1 unspecified atom stereocenters. The van der Waals surface area contributed by atoms with Gasteiger partial charge in [0.05, 0.1) is 7.11 Å². The van der Waals surface area contributed by atoms with Crippen LogP contribution >= 0.6 is 0 Å². The number of ether oxygens (including phenoxy) is 1. The largest absolute Gasteiger partial charge is 0.496 e. The van der Waals surface area contributed by atoms with Gasteiger partial charge in [-0.3, -0.25) is 0 Å². The van der Waals surface area contributed by atoms with Gasteiger partial charge in [0, 0.05) is 19.1 Å². The number of hydrogen-bond donors (Lipinski definition) is 1. The second-order valence-corrected chi connectivity index (χ2v) is 5.10. The number of methoxy groups -OCH3 is 1. The lowest BCUT2D eigenvalue weighted by Crippen LogP contribution is -2.28. The molecule has 18 heavy (non-hydrogen) atoms. The third kappa shape index (κ3) is 3.24. The highest BCUT2D eigenvalue weighted by Gasteiger charge is 2.18. The highest BCUT2D eigenvalue weighted by molar-refractivity contribution is 5.37. The Kier molecular flexibility index (Phi) is 4.61. The summed E-state index contributed by atoms with van der Waals surface area (Å²) in [7, 11) is 1.75. The van der Waals surface area contributed by atoms with Crippen molar-refractivity contribution in [2.45, 2.75) is 32.2 Å². The normalized spacial score (nSPS) is 20.3. The van der Waals surface area contributed by atoms with Gasteiger partial charge in [-0.1, -0.05) is 19.1 Å². The highest BCUT2D eigenvalue weighted by Crippen LogP contribution is 2.21. The molecular formula is C15H24N2O. The Bertz CT molecular complexity index is 392. The average molecular weight is 248 g/mol. The molecule has 100 valence electrons. The molecule has 1 aliphatic heterocycles. The van der Waals surface area contributed by atoms with E-state index in [0.29, 0.717) is 6.04 Å². The standard InChI is InChI=1S/C15H24N2O/c1-3-12-4-5-15(18-2)13(10-12)6-8-17-9-7-14(16)11-17/h4-5,10,14H,3,6-9,11,16H2,1-2H3. The van der Waals surface area contributed by atoms with E-state index < -0.39 is 0 Å². The van der Waals surface area contributed by atoms with Gasteiger partial charge in [0.25, 0.3) is 0 Å². The first-order chi connectivity index (χ1) is 8.72. The van der Waals surface area contributed by atoms with Gasteiger partial charge in [-0.2, -0.15) is 0 Å². The van der Waals surface area contributed by atoms with Crippen molar-refractivity contribution in [3.63, 3.8) is 0 Å². The maximum Gasteiger partial charge on any atom is 0.122 e. The van der Waals surface area contributed by atoms with Crippen LogP contribution < -0.4 is 10.5 Å². The minimum atomic E-state index is 0.369. The maximum atomic E-state index is 5.93. The number of rotatable bonds is 5. The predicted octanol–water partition coefficient (Wildman–Crippen LogP) is 1.83. The Morgan fingerprint density at radius 3 is 2.89 bits per heavy atom. The van der Waals surface area contributed by atoms with E-state index in [1.165, 1.54) is 11.1 Å². The van der Waals surface area contributed by atoms with Gasteiger partial charge in [-0.05, 0) is 43.0 Å². The lowest BCUT2D eigenvalue weighted by atomic mass is 10.0. The molecule has 0 amide bonds. The minimum Gasteiger partial charge on any atom is -0.496 e. The molecule has 1 heterocycles. The van der Waals surface area contributed by atoms with Crippen molar-refractivity contribution < 1.29 is 4.74 Å². The Balaban J connectivity index is 1.98. The molecule has 1 aliphatic rings. The van der Waals surface area contributed by atoms with Gasteiger partial charge in [0.1, 0.15) is 5.75 Å². The van der Waals surface area contributed by atoms with Crippen molar-refractivity contribution in [3.05, 3.63) is 29.3 Å². The Hall–Kier alpha value is -1.06. The molecule has 0 spiro atoms. The Labute approximate surface area is 110 Å². The molecule has 0 aromatic heterocycles. The lowest BCUT2D eigenvalue weighted by molar-refractivity contribution is 0.335. The van der Waals surface area contributed by atoms with Crippen LogP contribution in [0.5, 0.6) is 5.75 Å². The zero-order valence-electron chi connectivity index (χ0n) is 11.5. The van der Waals surface area contributed by atoms with Crippen molar-refractivity contribution in [2.75, 3.05) is 26.7 Å². The van der Waals surface area contributed by atoms with Gasteiger partial charge in [-0.25, -0.2) is 0 Å². The molecule has 1 aromatic rings. The monoisotopic (exact) mass is 248 g/mol. The summed E-state index contributed by atoms with van der Waals surface area (Å²) in [5.74, 6) is 1.01. The molecule has 2 rings (SSSR count). The van der Waals surface area contributed by atoms with E-state index in [4.69, 9.17) is 10.5 Å². The summed E-state index contributed by atoms with van der Waals surface area (Å²) in [6, 6.07) is 6.88. The molecule has 1 saturated heterocycles. The molecule has 0 aliphatic carbocycles. The summed E-state index contributed by atoms with van der Waals surface area (Å²) in [5.41, 5.74) is 8.63. The van der Waals surface area contributed by atoms with Crippen LogP contribution in [0.2, 0.25) is 0 Å². The lowest BCUT2D eigenvalue weighted by Gasteiger charge is -2.16. The first-order valence-electron chi connectivity index (χ1n) is 6.86. The smallest absolute Gasteiger partial charge is 0.122 e. The van der Waals surface area contributed by atoms with E-state index in [2.05, 4.69) is 30.0 Å². The van der Waals surface area contributed by atoms with Crippen LogP contribution in [-0.4, -0.2) is 37.7 Å². The molecule has 3 nitrogen and oxygen atoms in total. The second-order valence-electron chi connectivity index (χ2n) is 5.10. The molecule has 1 fully saturated rings. The average Bonchev–Trinajstić information content (AvgIpc) is 2.81. The van der Waals surface area contributed by atoms with Crippen molar-refractivity contribution in [3.8, 4) is 5.75 Å². The Morgan fingerprint density at radius 2 is 2.28 bits per heavy atom. The summed E-state index contributed by atoms with van der Waals surface area (Å²) in [6.07, 6.45) is 3.25. The molecule has 3 heteroatoms.